The Balaban J connectivity index is 3.19. The van der Waals surface area contributed by atoms with Crippen LogP contribution in [0.4, 0.5) is 0 Å². The third kappa shape index (κ3) is 9.03. The highest BCUT2D eigenvalue weighted by Gasteiger charge is 2.41. The van der Waals surface area contributed by atoms with Gasteiger partial charge in [-0.15, -0.1) is 0 Å². The molecule has 0 saturated heterocycles. The van der Waals surface area contributed by atoms with Gasteiger partial charge in [-0.25, -0.2) is 0 Å². The minimum atomic E-state index is -0.132. The van der Waals surface area contributed by atoms with Gasteiger partial charge in [0.2, 0.25) is 0 Å². The monoisotopic (exact) mass is 462 g/mol. The van der Waals surface area contributed by atoms with Gasteiger partial charge in [-0.3, -0.25) is 4.57 Å². The predicted octanol–water partition coefficient (Wildman–Crippen LogP) is 7.81. The van der Waals surface area contributed by atoms with Gasteiger partial charge in [0.05, 0.1) is 0 Å². The SMILES string of the molecule is C=C(C)C(c1cc(O)n(CCCN(C)C)c1O)C(C)(C)CC(C)(C)CC(C)(C)CC(C)(C)C. The van der Waals surface area contributed by atoms with Crippen LogP contribution < -0.4 is 0 Å². The third-order valence-electron chi connectivity index (χ3n) is 6.55. The quantitative estimate of drug-likeness (QED) is 0.311. The summed E-state index contributed by atoms with van der Waals surface area (Å²) in [6.07, 6.45) is 4.17. The highest BCUT2D eigenvalue weighted by molar-refractivity contribution is 5.43. The van der Waals surface area contributed by atoms with Crippen LogP contribution in [0.3, 0.4) is 0 Å². The average molecular weight is 463 g/mol. The molecule has 0 fully saturated rings. The Labute approximate surface area is 205 Å². The van der Waals surface area contributed by atoms with Crippen molar-refractivity contribution >= 4 is 0 Å². The van der Waals surface area contributed by atoms with E-state index in [1.54, 1.807) is 10.6 Å². The molecule has 0 bridgehead atoms. The van der Waals surface area contributed by atoms with E-state index in [0.717, 1.165) is 36.9 Å². The van der Waals surface area contributed by atoms with Crippen molar-refractivity contribution in [3.8, 4) is 11.8 Å². The number of rotatable bonds is 12. The largest absolute Gasteiger partial charge is 0.494 e. The van der Waals surface area contributed by atoms with E-state index >= 15 is 0 Å². The maximum atomic E-state index is 11.1. The Hall–Kier alpha value is -1.42. The number of allylic oxidation sites excluding steroid dienone is 1. The van der Waals surface area contributed by atoms with Gasteiger partial charge in [-0.1, -0.05) is 74.5 Å². The van der Waals surface area contributed by atoms with Crippen LogP contribution in [0.5, 0.6) is 11.8 Å². The number of nitrogens with zero attached hydrogens (tertiary/aromatic N) is 2. The summed E-state index contributed by atoms with van der Waals surface area (Å²) in [6.45, 7) is 28.9. The lowest BCUT2D eigenvalue weighted by Crippen LogP contribution is -2.33. The highest BCUT2D eigenvalue weighted by atomic mass is 16.3. The highest BCUT2D eigenvalue weighted by Crippen LogP contribution is 2.53. The van der Waals surface area contributed by atoms with E-state index in [9.17, 15) is 10.2 Å². The van der Waals surface area contributed by atoms with E-state index in [1.165, 1.54) is 6.42 Å². The maximum absolute atomic E-state index is 11.1. The van der Waals surface area contributed by atoms with Crippen molar-refractivity contribution in [1.82, 2.24) is 9.47 Å². The molecule has 0 saturated carbocycles. The van der Waals surface area contributed by atoms with Crippen LogP contribution in [0.15, 0.2) is 18.2 Å². The molecule has 0 amide bonds. The fourth-order valence-electron chi connectivity index (χ4n) is 7.07. The third-order valence-corrected chi connectivity index (χ3v) is 6.55. The first kappa shape index (κ1) is 29.6. The summed E-state index contributed by atoms with van der Waals surface area (Å²) in [5.41, 5.74) is 2.34. The zero-order valence-corrected chi connectivity index (χ0v) is 23.9. The topological polar surface area (TPSA) is 48.6 Å². The van der Waals surface area contributed by atoms with Gasteiger partial charge >= 0.3 is 0 Å². The van der Waals surface area contributed by atoms with Crippen LogP contribution in [0.25, 0.3) is 0 Å². The van der Waals surface area contributed by atoms with Crippen LogP contribution >= 0.6 is 0 Å². The van der Waals surface area contributed by atoms with E-state index < -0.39 is 0 Å². The van der Waals surface area contributed by atoms with Crippen LogP contribution in [-0.2, 0) is 6.54 Å². The number of aromatic nitrogens is 1. The fraction of sp³-hybridized carbons (Fsp3) is 0.793. The first-order valence-corrected chi connectivity index (χ1v) is 12.6. The number of hydrogen-bond donors (Lipinski definition) is 2. The van der Waals surface area contributed by atoms with Gasteiger partial charge in [0.25, 0.3) is 0 Å². The smallest absolute Gasteiger partial charge is 0.197 e. The maximum Gasteiger partial charge on any atom is 0.197 e. The van der Waals surface area contributed by atoms with Crippen molar-refractivity contribution in [1.29, 1.82) is 0 Å². The Bertz CT molecular complexity index is 791. The molecule has 1 atom stereocenters. The van der Waals surface area contributed by atoms with E-state index in [4.69, 9.17) is 0 Å². The Kier molecular flexibility index (Phi) is 9.38. The summed E-state index contributed by atoms with van der Waals surface area (Å²) in [6, 6.07) is 1.75. The summed E-state index contributed by atoms with van der Waals surface area (Å²) in [4.78, 5) is 2.11. The van der Waals surface area contributed by atoms with Crippen LogP contribution in [0, 0.1) is 21.7 Å². The molecule has 0 spiro atoms. The van der Waals surface area contributed by atoms with Gasteiger partial charge < -0.3 is 15.1 Å². The molecule has 1 aromatic rings. The van der Waals surface area contributed by atoms with Gasteiger partial charge in [0.1, 0.15) is 0 Å². The van der Waals surface area contributed by atoms with Crippen molar-refractivity contribution in [2.75, 3.05) is 20.6 Å². The molecular formula is C29H54N2O2. The van der Waals surface area contributed by atoms with Gasteiger partial charge in [0, 0.05) is 24.1 Å². The normalized spacial score (nSPS) is 14.7. The molecule has 0 radical (unpaired) electrons. The molecule has 0 aliphatic rings. The molecule has 192 valence electrons. The summed E-state index contributed by atoms with van der Waals surface area (Å²) in [7, 11) is 4.07. The van der Waals surface area contributed by atoms with Crippen LogP contribution in [0.1, 0.15) is 106 Å². The molecule has 33 heavy (non-hydrogen) atoms. The number of hydrogen-bond acceptors (Lipinski definition) is 3. The zero-order valence-electron chi connectivity index (χ0n) is 23.9. The molecule has 1 heterocycles. The molecule has 0 aliphatic heterocycles. The van der Waals surface area contributed by atoms with Crippen LogP contribution in [0.2, 0.25) is 0 Å². The summed E-state index contributed by atoms with van der Waals surface area (Å²) in [5.74, 6) is 0.274. The Morgan fingerprint density at radius 3 is 1.91 bits per heavy atom. The Morgan fingerprint density at radius 1 is 0.939 bits per heavy atom. The summed E-state index contributed by atoms with van der Waals surface area (Å²) >= 11 is 0. The van der Waals surface area contributed by atoms with Crippen molar-refractivity contribution in [3.05, 3.63) is 23.8 Å². The minimum absolute atomic E-state index is 0.0384. The lowest BCUT2D eigenvalue weighted by Gasteiger charge is -2.45. The van der Waals surface area contributed by atoms with Crippen LogP contribution in [-0.4, -0.2) is 40.3 Å². The lowest BCUT2D eigenvalue weighted by atomic mass is 9.60. The standard InChI is InChI=1S/C29H54N2O2/c1-21(2)24(22-17-23(32)31(25(22)33)16-14-15-30(12)13)29(10,11)20-28(8,9)19-27(6,7)18-26(3,4)5/h17,24,32-33H,1,14-16,18-20H2,2-13H3. The first-order chi connectivity index (χ1) is 14.7. The zero-order chi connectivity index (χ0) is 26.0. The molecular weight excluding hydrogens is 408 g/mol. The molecule has 0 aromatic carbocycles. The molecule has 4 nitrogen and oxygen atoms in total. The number of aromatic hydroxyl groups is 2. The fourth-order valence-corrected chi connectivity index (χ4v) is 7.07. The summed E-state index contributed by atoms with van der Waals surface area (Å²) in [5, 5.41) is 21.7. The van der Waals surface area contributed by atoms with Crippen molar-refractivity contribution in [2.45, 2.75) is 107 Å². The van der Waals surface area contributed by atoms with Gasteiger partial charge in [-0.05, 0) is 74.9 Å². The van der Waals surface area contributed by atoms with Gasteiger partial charge in [0.15, 0.2) is 11.8 Å². The summed E-state index contributed by atoms with van der Waals surface area (Å²) < 4.78 is 1.64. The second-order valence-electron chi connectivity index (χ2n) is 14.3. The van der Waals surface area contributed by atoms with E-state index in [2.05, 4.69) is 73.8 Å². The minimum Gasteiger partial charge on any atom is -0.494 e. The average Bonchev–Trinajstić information content (AvgIpc) is 2.76. The molecule has 1 unspecified atom stereocenters. The molecule has 4 heteroatoms. The lowest BCUT2D eigenvalue weighted by molar-refractivity contribution is 0.0874. The molecule has 1 aromatic heterocycles. The van der Waals surface area contributed by atoms with Crippen molar-refractivity contribution in [2.24, 2.45) is 21.7 Å². The Morgan fingerprint density at radius 2 is 1.45 bits per heavy atom. The second kappa shape index (κ2) is 10.5. The predicted molar refractivity (Wildman–Crippen MR) is 143 cm³/mol. The van der Waals surface area contributed by atoms with E-state index in [0.29, 0.717) is 12.0 Å². The molecule has 2 N–H and O–H groups in total. The van der Waals surface area contributed by atoms with Gasteiger partial charge in [-0.2, -0.15) is 0 Å². The van der Waals surface area contributed by atoms with E-state index in [-0.39, 0.29) is 33.9 Å². The molecule has 0 aliphatic carbocycles. The van der Waals surface area contributed by atoms with Crippen molar-refractivity contribution in [3.63, 3.8) is 0 Å². The first-order valence-electron chi connectivity index (χ1n) is 12.6. The van der Waals surface area contributed by atoms with Crippen molar-refractivity contribution < 1.29 is 10.2 Å². The van der Waals surface area contributed by atoms with E-state index in [1.807, 2.05) is 21.0 Å². The second-order valence-corrected chi connectivity index (χ2v) is 14.3. The molecule has 1 rings (SSSR count).